The summed E-state index contributed by atoms with van der Waals surface area (Å²) in [7, 11) is -2.08. The monoisotopic (exact) mass is 408 g/mol. The van der Waals surface area contributed by atoms with E-state index in [-0.39, 0.29) is 23.8 Å². The molecule has 0 aromatic heterocycles. The van der Waals surface area contributed by atoms with Crippen LogP contribution in [-0.2, 0) is 14.8 Å². The van der Waals surface area contributed by atoms with Gasteiger partial charge in [-0.15, -0.1) is 0 Å². The first-order valence-electron chi connectivity index (χ1n) is 8.71. The lowest BCUT2D eigenvalue weighted by Gasteiger charge is -2.17. The van der Waals surface area contributed by atoms with Gasteiger partial charge in [0.15, 0.2) is 0 Å². The Morgan fingerprint density at radius 2 is 1.63 bits per heavy atom. The molecule has 0 saturated carbocycles. The quantitative estimate of drug-likeness (QED) is 0.742. The van der Waals surface area contributed by atoms with E-state index >= 15 is 0 Å². The molecule has 5 nitrogen and oxygen atoms in total. The number of carbonyl (C=O) groups excluding carboxylic acids is 1. The standard InChI is InChI=1S/C20H25ClN2O3S/c1-14-12-15(2)20(16(3)13-14)22-19(24)6-5-11-23(4)27(25,26)18-9-7-17(21)8-10-18/h7-10,12-13H,5-6,11H2,1-4H3,(H,22,24). The summed E-state index contributed by atoms with van der Waals surface area (Å²) in [6.45, 7) is 6.19. The third-order valence-corrected chi connectivity index (χ3v) is 6.46. The normalized spacial score (nSPS) is 11.6. The molecule has 2 aromatic rings. The summed E-state index contributed by atoms with van der Waals surface area (Å²) in [4.78, 5) is 12.4. The van der Waals surface area contributed by atoms with Crippen molar-refractivity contribution < 1.29 is 13.2 Å². The van der Waals surface area contributed by atoms with E-state index in [0.29, 0.717) is 11.4 Å². The zero-order valence-electron chi connectivity index (χ0n) is 16.0. The first kappa shape index (κ1) is 21.4. The van der Waals surface area contributed by atoms with Crippen molar-refractivity contribution in [2.45, 2.75) is 38.5 Å². The summed E-state index contributed by atoms with van der Waals surface area (Å²) in [5.41, 5.74) is 4.01. The minimum Gasteiger partial charge on any atom is -0.326 e. The predicted octanol–water partition coefficient (Wildman–Crippen LogP) is 4.30. The van der Waals surface area contributed by atoms with Crippen molar-refractivity contribution in [1.82, 2.24) is 4.31 Å². The van der Waals surface area contributed by atoms with Gasteiger partial charge in [-0.1, -0.05) is 29.3 Å². The molecule has 0 aliphatic heterocycles. The molecule has 0 heterocycles. The van der Waals surface area contributed by atoms with E-state index in [2.05, 4.69) is 5.32 Å². The Hall–Kier alpha value is -1.89. The third-order valence-electron chi connectivity index (χ3n) is 4.34. The Labute approximate surface area is 166 Å². The number of halogens is 1. The zero-order valence-corrected chi connectivity index (χ0v) is 17.6. The van der Waals surface area contributed by atoms with E-state index in [0.717, 1.165) is 22.4 Å². The predicted molar refractivity (Wildman–Crippen MR) is 110 cm³/mol. The molecule has 1 N–H and O–H groups in total. The molecule has 0 saturated heterocycles. The van der Waals surface area contributed by atoms with Gasteiger partial charge in [-0.3, -0.25) is 4.79 Å². The van der Waals surface area contributed by atoms with E-state index in [1.54, 1.807) is 12.1 Å². The van der Waals surface area contributed by atoms with Gasteiger partial charge in [-0.25, -0.2) is 12.7 Å². The van der Waals surface area contributed by atoms with Crippen molar-refractivity contribution in [2.24, 2.45) is 0 Å². The number of hydrogen-bond donors (Lipinski definition) is 1. The van der Waals surface area contributed by atoms with E-state index in [1.807, 2.05) is 32.9 Å². The minimum absolute atomic E-state index is 0.123. The van der Waals surface area contributed by atoms with Crippen molar-refractivity contribution in [3.05, 3.63) is 58.1 Å². The summed E-state index contributed by atoms with van der Waals surface area (Å²) in [5.74, 6) is -0.123. The van der Waals surface area contributed by atoms with Gasteiger partial charge in [0, 0.05) is 30.7 Å². The van der Waals surface area contributed by atoms with Crippen LogP contribution in [0.3, 0.4) is 0 Å². The fourth-order valence-corrected chi connectivity index (χ4v) is 4.28. The molecule has 2 aromatic carbocycles. The molecule has 0 radical (unpaired) electrons. The molecule has 0 aliphatic rings. The summed E-state index contributed by atoms with van der Waals surface area (Å²) >= 11 is 5.80. The van der Waals surface area contributed by atoms with Crippen LogP contribution >= 0.6 is 11.6 Å². The SMILES string of the molecule is Cc1cc(C)c(NC(=O)CCCN(C)S(=O)(=O)c2ccc(Cl)cc2)c(C)c1. The number of sulfonamides is 1. The summed E-state index contributed by atoms with van der Waals surface area (Å²) in [5, 5.41) is 3.42. The minimum atomic E-state index is -3.59. The number of nitrogens with zero attached hydrogens (tertiary/aromatic N) is 1. The Morgan fingerprint density at radius 3 is 2.19 bits per heavy atom. The number of amides is 1. The van der Waals surface area contributed by atoms with Crippen molar-refractivity contribution in [3.63, 3.8) is 0 Å². The number of aryl methyl sites for hydroxylation is 3. The molecular weight excluding hydrogens is 384 g/mol. The van der Waals surface area contributed by atoms with Crippen molar-refractivity contribution in [3.8, 4) is 0 Å². The van der Waals surface area contributed by atoms with Crippen LogP contribution in [0, 0.1) is 20.8 Å². The Morgan fingerprint density at radius 1 is 1.07 bits per heavy atom. The molecule has 0 fully saturated rings. The van der Waals surface area contributed by atoms with Crippen molar-refractivity contribution in [2.75, 3.05) is 18.9 Å². The van der Waals surface area contributed by atoms with Crippen LogP contribution in [0.15, 0.2) is 41.3 Å². The molecule has 27 heavy (non-hydrogen) atoms. The van der Waals surface area contributed by atoms with Gasteiger partial charge in [0.05, 0.1) is 4.90 Å². The highest BCUT2D eigenvalue weighted by molar-refractivity contribution is 7.89. The van der Waals surface area contributed by atoms with Gasteiger partial charge >= 0.3 is 0 Å². The van der Waals surface area contributed by atoms with Gasteiger partial charge in [0.2, 0.25) is 15.9 Å². The topological polar surface area (TPSA) is 66.5 Å². The average Bonchev–Trinajstić information content (AvgIpc) is 2.58. The molecule has 1 amide bonds. The fourth-order valence-electron chi connectivity index (χ4n) is 2.95. The van der Waals surface area contributed by atoms with Gasteiger partial charge in [0.1, 0.15) is 0 Å². The number of carbonyl (C=O) groups is 1. The maximum Gasteiger partial charge on any atom is 0.242 e. The van der Waals surface area contributed by atoms with Crippen LogP contribution in [0.2, 0.25) is 5.02 Å². The first-order valence-corrected chi connectivity index (χ1v) is 10.5. The number of hydrogen-bond acceptors (Lipinski definition) is 3. The summed E-state index contributed by atoms with van der Waals surface area (Å²) in [6.07, 6.45) is 0.673. The van der Waals surface area contributed by atoms with Crippen molar-refractivity contribution in [1.29, 1.82) is 0 Å². The Kier molecular flexibility index (Phi) is 7.03. The van der Waals surface area contributed by atoms with Gasteiger partial charge < -0.3 is 5.32 Å². The highest BCUT2D eigenvalue weighted by Gasteiger charge is 2.20. The van der Waals surface area contributed by atoms with Crippen LogP contribution in [0.5, 0.6) is 0 Å². The molecule has 0 unspecified atom stereocenters. The van der Waals surface area contributed by atoms with Crippen LogP contribution in [0.25, 0.3) is 0 Å². The average molecular weight is 409 g/mol. The number of rotatable bonds is 7. The third kappa shape index (κ3) is 5.54. The molecule has 7 heteroatoms. The fraction of sp³-hybridized carbons (Fsp3) is 0.350. The lowest BCUT2D eigenvalue weighted by atomic mass is 10.0. The molecule has 2 rings (SSSR count). The molecular formula is C20H25ClN2O3S. The maximum atomic E-state index is 12.5. The van der Waals surface area contributed by atoms with Gasteiger partial charge in [-0.2, -0.15) is 0 Å². The smallest absolute Gasteiger partial charge is 0.242 e. The lowest BCUT2D eigenvalue weighted by Crippen LogP contribution is -2.28. The molecule has 0 bridgehead atoms. The second kappa shape index (κ2) is 8.87. The Bertz CT molecular complexity index is 902. The number of anilines is 1. The number of nitrogens with one attached hydrogen (secondary N) is 1. The van der Waals surface area contributed by atoms with E-state index in [1.165, 1.54) is 23.5 Å². The van der Waals surface area contributed by atoms with Gasteiger partial charge in [0.25, 0.3) is 0 Å². The first-order chi connectivity index (χ1) is 12.6. The van der Waals surface area contributed by atoms with Crippen LogP contribution in [-0.4, -0.2) is 32.2 Å². The van der Waals surface area contributed by atoms with E-state index in [9.17, 15) is 13.2 Å². The van der Waals surface area contributed by atoms with Crippen LogP contribution < -0.4 is 5.32 Å². The van der Waals surface area contributed by atoms with E-state index < -0.39 is 10.0 Å². The second-order valence-corrected chi connectivity index (χ2v) is 9.19. The molecule has 146 valence electrons. The van der Waals surface area contributed by atoms with Gasteiger partial charge in [-0.05, 0) is 62.6 Å². The summed E-state index contributed by atoms with van der Waals surface area (Å²) in [6, 6.07) is 10.1. The van der Waals surface area contributed by atoms with Crippen LogP contribution in [0.4, 0.5) is 5.69 Å². The highest BCUT2D eigenvalue weighted by atomic mass is 35.5. The van der Waals surface area contributed by atoms with E-state index in [4.69, 9.17) is 11.6 Å². The lowest BCUT2D eigenvalue weighted by molar-refractivity contribution is -0.116. The van der Waals surface area contributed by atoms with Crippen LogP contribution in [0.1, 0.15) is 29.5 Å². The summed E-state index contributed by atoms with van der Waals surface area (Å²) < 4.78 is 26.3. The number of benzene rings is 2. The Balaban J connectivity index is 1.92. The maximum absolute atomic E-state index is 12.5. The highest BCUT2D eigenvalue weighted by Crippen LogP contribution is 2.22. The molecule has 0 spiro atoms. The molecule has 0 atom stereocenters. The second-order valence-electron chi connectivity index (χ2n) is 6.71. The zero-order chi connectivity index (χ0) is 20.2. The van der Waals surface area contributed by atoms with Crippen molar-refractivity contribution >= 4 is 33.2 Å². The largest absolute Gasteiger partial charge is 0.326 e. The molecule has 0 aliphatic carbocycles.